The number of carboxylic acids is 1. The molecule has 0 spiro atoms. The number of carboxylic acid groups (broad SMARTS) is 1. The minimum Gasteiger partial charge on any atom is -0.481 e. The smallest absolute Gasteiger partial charge is 0.435 e. The van der Waals surface area contributed by atoms with Gasteiger partial charge in [-0.15, -0.1) is 0 Å². The molecule has 1 aliphatic carbocycles. The summed E-state index contributed by atoms with van der Waals surface area (Å²) >= 11 is 0. The summed E-state index contributed by atoms with van der Waals surface area (Å²) in [5.74, 6) is -0.897. The Kier molecular flexibility index (Phi) is 6.10. The highest BCUT2D eigenvalue weighted by atomic mass is 19.4. The summed E-state index contributed by atoms with van der Waals surface area (Å²) in [6, 6.07) is 2.65. The highest BCUT2D eigenvalue weighted by Gasteiger charge is 2.73. The van der Waals surface area contributed by atoms with Crippen molar-refractivity contribution in [3.63, 3.8) is 0 Å². The first-order valence-electron chi connectivity index (χ1n) is 9.77. The molecule has 0 aromatic heterocycles. The van der Waals surface area contributed by atoms with E-state index in [1.807, 2.05) is 0 Å². The van der Waals surface area contributed by atoms with Gasteiger partial charge in [-0.25, -0.2) is 4.39 Å². The van der Waals surface area contributed by atoms with Crippen LogP contribution in [0.5, 0.6) is 0 Å². The normalized spacial score (nSPS) is 22.6. The molecule has 3 nitrogen and oxygen atoms in total. The van der Waals surface area contributed by atoms with E-state index in [1.165, 1.54) is 6.07 Å². The zero-order valence-corrected chi connectivity index (χ0v) is 16.0. The van der Waals surface area contributed by atoms with Crippen LogP contribution in [-0.2, 0) is 16.9 Å². The molecule has 1 heterocycles. The van der Waals surface area contributed by atoms with Gasteiger partial charge in [0.05, 0.1) is 0 Å². The molecule has 1 fully saturated rings. The minimum absolute atomic E-state index is 0.0342. The number of fused-ring (bicyclic) bond motifs is 3. The van der Waals surface area contributed by atoms with E-state index in [2.05, 4.69) is 4.90 Å². The molecule has 168 valence electrons. The summed E-state index contributed by atoms with van der Waals surface area (Å²) in [5, 5.41) is 8.70. The van der Waals surface area contributed by atoms with Crippen LogP contribution >= 0.6 is 0 Å². The predicted molar refractivity (Wildman–Crippen MR) is 93.9 cm³/mol. The second-order valence-electron chi connectivity index (χ2n) is 7.96. The van der Waals surface area contributed by atoms with Crippen molar-refractivity contribution in [3.05, 3.63) is 34.9 Å². The Bertz CT molecular complexity index is 776. The summed E-state index contributed by atoms with van der Waals surface area (Å²) in [5.41, 5.74) is -5.83. The van der Waals surface area contributed by atoms with E-state index in [0.717, 1.165) is 12.6 Å². The Hall–Kier alpha value is -1.84. The van der Waals surface area contributed by atoms with Gasteiger partial charge in [-0.3, -0.25) is 9.69 Å². The maximum absolute atomic E-state index is 14.4. The van der Waals surface area contributed by atoms with E-state index in [0.29, 0.717) is 49.4 Å². The Morgan fingerprint density at radius 3 is 2.30 bits per heavy atom. The van der Waals surface area contributed by atoms with Gasteiger partial charge in [0.1, 0.15) is 0 Å². The lowest BCUT2D eigenvalue weighted by atomic mass is 9.77. The zero-order chi connectivity index (χ0) is 22.3. The molecule has 3 rings (SSSR count). The lowest BCUT2D eigenvalue weighted by molar-refractivity contribution is -0.348. The van der Waals surface area contributed by atoms with Gasteiger partial charge >= 0.3 is 24.0 Å². The molecule has 0 amide bonds. The van der Waals surface area contributed by atoms with E-state index in [4.69, 9.17) is 5.11 Å². The molecule has 1 aromatic carbocycles. The van der Waals surface area contributed by atoms with Crippen molar-refractivity contribution in [2.24, 2.45) is 0 Å². The predicted octanol–water partition coefficient (Wildman–Crippen LogP) is 5.34. The standard InChI is InChI=1S/C20H22F7NO2/c21-18(19(22,23)24,20(25,26)27)13-5-6-14-12(11-13)4-7-16-15(14)8-10-28(16)9-2-1-3-17(29)30/h5-6,11,15-16H,1-4,7-10H2,(H,29,30)/t15-,16?/m0/s1. The second-order valence-corrected chi connectivity index (χ2v) is 7.96. The van der Waals surface area contributed by atoms with Crippen molar-refractivity contribution in [2.45, 2.75) is 68.5 Å². The fraction of sp³-hybridized carbons (Fsp3) is 0.650. The number of alkyl halides is 7. The minimum atomic E-state index is -6.11. The number of hydrogen-bond acceptors (Lipinski definition) is 2. The average Bonchev–Trinajstić information content (AvgIpc) is 3.05. The highest BCUT2D eigenvalue weighted by Crippen LogP contribution is 2.54. The van der Waals surface area contributed by atoms with Crippen molar-refractivity contribution in [3.8, 4) is 0 Å². The van der Waals surface area contributed by atoms with Crippen LogP contribution in [-0.4, -0.2) is 47.5 Å². The van der Waals surface area contributed by atoms with E-state index >= 15 is 0 Å². The Labute approximate surface area is 168 Å². The van der Waals surface area contributed by atoms with Crippen LogP contribution in [0, 0.1) is 0 Å². The Morgan fingerprint density at radius 1 is 1.03 bits per heavy atom. The van der Waals surface area contributed by atoms with Crippen LogP contribution in [0.2, 0.25) is 0 Å². The third kappa shape index (κ3) is 4.02. The quantitative estimate of drug-likeness (QED) is 0.479. The average molecular weight is 441 g/mol. The van der Waals surface area contributed by atoms with Crippen LogP contribution in [0.4, 0.5) is 30.7 Å². The van der Waals surface area contributed by atoms with Crippen LogP contribution in [0.3, 0.4) is 0 Å². The van der Waals surface area contributed by atoms with Gasteiger partial charge in [0, 0.05) is 23.9 Å². The summed E-state index contributed by atoms with van der Waals surface area (Å²) in [6.45, 7) is 1.42. The molecular formula is C20H22F7NO2. The number of halogens is 7. The molecule has 0 bridgehead atoms. The first kappa shape index (κ1) is 22.8. The topological polar surface area (TPSA) is 40.5 Å². The number of likely N-dealkylation sites (tertiary alicyclic amines) is 1. The van der Waals surface area contributed by atoms with Gasteiger partial charge in [-0.05, 0) is 56.3 Å². The summed E-state index contributed by atoms with van der Waals surface area (Å²) < 4.78 is 92.6. The van der Waals surface area contributed by atoms with Crippen molar-refractivity contribution < 1.29 is 40.6 Å². The van der Waals surface area contributed by atoms with Crippen molar-refractivity contribution in [1.29, 1.82) is 0 Å². The maximum Gasteiger partial charge on any atom is 0.435 e. The molecular weight excluding hydrogens is 419 g/mol. The fourth-order valence-electron chi connectivity index (χ4n) is 4.72. The highest BCUT2D eigenvalue weighted by molar-refractivity contribution is 5.66. The number of nitrogens with zero attached hydrogens (tertiary/aromatic N) is 1. The number of aliphatic carboxylic acids is 1. The number of hydrogen-bond donors (Lipinski definition) is 1. The molecule has 0 radical (unpaired) electrons. The zero-order valence-electron chi connectivity index (χ0n) is 16.0. The molecule has 0 saturated carbocycles. The third-order valence-electron chi connectivity index (χ3n) is 6.18. The van der Waals surface area contributed by atoms with Gasteiger partial charge in [-0.1, -0.05) is 18.2 Å². The summed E-state index contributed by atoms with van der Waals surface area (Å²) in [6.07, 6.45) is -9.39. The largest absolute Gasteiger partial charge is 0.481 e. The van der Waals surface area contributed by atoms with Crippen molar-refractivity contribution in [1.82, 2.24) is 4.90 Å². The first-order chi connectivity index (χ1) is 13.9. The molecule has 30 heavy (non-hydrogen) atoms. The van der Waals surface area contributed by atoms with E-state index in [1.54, 1.807) is 0 Å². The molecule has 2 aliphatic rings. The molecule has 2 atom stereocenters. The van der Waals surface area contributed by atoms with Crippen molar-refractivity contribution in [2.75, 3.05) is 13.1 Å². The van der Waals surface area contributed by atoms with Crippen LogP contribution < -0.4 is 0 Å². The fourth-order valence-corrected chi connectivity index (χ4v) is 4.72. The number of aryl methyl sites for hydroxylation is 1. The molecule has 10 heteroatoms. The SMILES string of the molecule is O=C(O)CCCCN1CC[C@H]2c3ccc(C(F)(C(F)(F)F)C(F)(F)F)cc3CCC21. The van der Waals surface area contributed by atoms with Crippen LogP contribution in [0.1, 0.15) is 54.7 Å². The number of benzene rings is 1. The summed E-state index contributed by atoms with van der Waals surface area (Å²) in [7, 11) is 0. The number of rotatable bonds is 6. The number of carbonyl (C=O) groups is 1. The van der Waals surface area contributed by atoms with E-state index < -0.39 is 29.6 Å². The monoisotopic (exact) mass is 441 g/mol. The van der Waals surface area contributed by atoms with Crippen molar-refractivity contribution >= 4 is 5.97 Å². The van der Waals surface area contributed by atoms with Gasteiger partial charge < -0.3 is 5.11 Å². The lowest BCUT2D eigenvalue weighted by Crippen LogP contribution is -2.50. The van der Waals surface area contributed by atoms with Gasteiger partial charge in [0.25, 0.3) is 0 Å². The lowest BCUT2D eigenvalue weighted by Gasteiger charge is -2.35. The maximum atomic E-state index is 14.4. The molecule has 1 saturated heterocycles. The number of unbranched alkanes of at least 4 members (excludes halogenated alkanes) is 1. The molecule has 1 aromatic rings. The van der Waals surface area contributed by atoms with Gasteiger partial charge in [0.15, 0.2) is 0 Å². The molecule has 1 aliphatic heterocycles. The van der Waals surface area contributed by atoms with E-state index in [9.17, 15) is 35.5 Å². The summed E-state index contributed by atoms with van der Waals surface area (Å²) in [4.78, 5) is 12.8. The van der Waals surface area contributed by atoms with Gasteiger partial charge in [0.2, 0.25) is 0 Å². The third-order valence-corrected chi connectivity index (χ3v) is 6.18. The molecule has 1 unspecified atom stereocenters. The Balaban J connectivity index is 1.79. The first-order valence-corrected chi connectivity index (χ1v) is 9.77. The molecule has 1 N–H and O–H groups in total. The van der Waals surface area contributed by atoms with Gasteiger partial charge in [-0.2, -0.15) is 26.3 Å². The van der Waals surface area contributed by atoms with Crippen LogP contribution in [0.15, 0.2) is 18.2 Å². The second kappa shape index (κ2) is 8.01. The Morgan fingerprint density at radius 2 is 1.70 bits per heavy atom. The van der Waals surface area contributed by atoms with Crippen LogP contribution in [0.25, 0.3) is 0 Å². The van der Waals surface area contributed by atoms with E-state index in [-0.39, 0.29) is 24.8 Å².